The molecule has 15 heteroatoms. The topological polar surface area (TPSA) is 121 Å². The van der Waals surface area contributed by atoms with E-state index in [1.807, 2.05) is 19.0 Å². The van der Waals surface area contributed by atoms with Crippen molar-refractivity contribution in [3.05, 3.63) is 86.8 Å². The molecular formula is C29H31Cl2F2N3O7S. The number of hydrogen-bond acceptors (Lipinski definition) is 8. The van der Waals surface area contributed by atoms with Gasteiger partial charge >= 0.3 is 12.6 Å². The third-order valence-corrected chi connectivity index (χ3v) is 8.80. The molecular weight excluding hydrogens is 643 g/mol. The van der Waals surface area contributed by atoms with Gasteiger partial charge in [-0.15, -0.1) is 0 Å². The fourth-order valence-electron chi connectivity index (χ4n) is 4.12. The van der Waals surface area contributed by atoms with Gasteiger partial charge in [-0.25, -0.2) is 17.9 Å². The maximum atomic E-state index is 13.3. The molecule has 1 heterocycles. The second-order valence-electron chi connectivity index (χ2n) is 10.5. The lowest BCUT2D eigenvalue weighted by Crippen LogP contribution is -2.31. The van der Waals surface area contributed by atoms with Crippen LogP contribution in [0.15, 0.2) is 59.8 Å². The normalized spacial score (nSPS) is 14.1. The first-order valence-electron chi connectivity index (χ1n) is 13.6. The summed E-state index contributed by atoms with van der Waals surface area (Å²) in [5, 5.41) is 11.8. The summed E-state index contributed by atoms with van der Waals surface area (Å²) in [6.07, 6.45) is 2.93. The Kier molecular flexibility index (Phi) is 11.2. The monoisotopic (exact) mass is 673 g/mol. The highest BCUT2D eigenvalue weighted by Crippen LogP contribution is 2.38. The standard InChI is InChI=1S/C29H31Cl2F2N3O7S/c1-35(2)12-11-34-44(39,40)21-8-5-19(6-9-21)28(37)42-26(14-22-23(30)15-36(38)16-24(22)31)20-7-10-25(43-29(32)33)27(13-20)41-17-18-3-4-18/h5-10,13,15-16,18,26,29,34H,3-4,11-12,14,17H2,1-2H3/t26-/m0/s1. The van der Waals surface area contributed by atoms with Crippen molar-refractivity contribution in [2.45, 2.75) is 36.9 Å². The number of alkyl halides is 2. The Balaban J connectivity index is 1.62. The molecule has 4 rings (SSSR count). The van der Waals surface area contributed by atoms with Crippen molar-refractivity contribution in [3.8, 4) is 11.5 Å². The third-order valence-electron chi connectivity index (χ3n) is 6.68. The maximum absolute atomic E-state index is 13.3. The predicted molar refractivity (Wildman–Crippen MR) is 159 cm³/mol. The van der Waals surface area contributed by atoms with Crippen LogP contribution in [0.5, 0.6) is 11.5 Å². The average molecular weight is 675 g/mol. The van der Waals surface area contributed by atoms with E-state index in [9.17, 15) is 27.2 Å². The molecule has 1 fully saturated rings. The molecule has 1 aromatic heterocycles. The van der Waals surface area contributed by atoms with Gasteiger partial charge in [0.1, 0.15) is 16.1 Å². The number of halogens is 4. The molecule has 238 valence electrons. The van der Waals surface area contributed by atoms with Crippen LogP contribution in [0.25, 0.3) is 0 Å². The molecule has 0 aliphatic heterocycles. The van der Waals surface area contributed by atoms with Crippen LogP contribution in [0.4, 0.5) is 8.78 Å². The first-order valence-corrected chi connectivity index (χ1v) is 15.8. The third kappa shape index (κ3) is 9.38. The minimum atomic E-state index is -3.81. The average Bonchev–Trinajstić information content (AvgIpc) is 3.78. The van der Waals surface area contributed by atoms with Crippen LogP contribution in [0.3, 0.4) is 0 Å². The Morgan fingerprint density at radius 1 is 1.09 bits per heavy atom. The van der Waals surface area contributed by atoms with Gasteiger partial charge in [-0.1, -0.05) is 29.3 Å². The number of sulfonamides is 1. The molecule has 0 amide bonds. The molecule has 0 radical (unpaired) electrons. The Morgan fingerprint density at radius 3 is 2.34 bits per heavy atom. The van der Waals surface area contributed by atoms with Crippen LogP contribution in [0, 0.1) is 11.1 Å². The summed E-state index contributed by atoms with van der Waals surface area (Å²) in [5.41, 5.74) is 0.700. The summed E-state index contributed by atoms with van der Waals surface area (Å²) < 4.78 is 70.6. The number of likely N-dealkylation sites (N-methyl/N-ethyl adjacent to an activating group) is 1. The van der Waals surface area contributed by atoms with Crippen LogP contribution in [0.2, 0.25) is 10.0 Å². The fourth-order valence-corrected chi connectivity index (χ4v) is 5.74. The lowest BCUT2D eigenvalue weighted by atomic mass is 10.0. The SMILES string of the molecule is CN(C)CCNS(=O)(=O)c1ccc(C(=O)O[C@@H](Cc2c(Cl)c[n+]([O-])cc2Cl)c2ccc(OC(F)F)c(OCC3CC3)c2)cc1. The predicted octanol–water partition coefficient (Wildman–Crippen LogP) is 5.00. The number of hydrogen-bond donors (Lipinski definition) is 1. The van der Waals surface area contributed by atoms with E-state index >= 15 is 0 Å². The summed E-state index contributed by atoms with van der Waals surface area (Å²) in [7, 11) is -0.178. The molecule has 1 saturated carbocycles. The van der Waals surface area contributed by atoms with Gasteiger partial charge in [-0.05, 0) is 74.8 Å². The van der Waals surface area contributed by atoms with Gasteiger partial charge in [0.05, 0.1) is 17.1 Å². The van der Waals surface area contributed by atoms with E-state index in [0.717, 1.165) is 25.2 Å². The number of nitrogens with one attached hydrogen (secondary N) is 1. The van der Waals surface area contributed by atoms with Crippen LogP contribution in [-0.4, -0.2) is 59.7 Å². The number of esters is 1. The number of aromatic nitrogens is 1. The Bertz CT molecular complexity index is 1550. The first kappa shape index (κ1) is 33.7. The summed E-state index contributed by atoms with van der Waals surface area (Å²) in [6, 6.07) is 9.34. The van der Waals surface area contributed by atoms with Crippen LogP contribution in [-0.2, 0) is 21.2 Å². The molecule has 0 unspecified atom stereocenters. The minimum absolute atomic E-state index is 0.0211. The van der Waals surface area contributed by atoms with Gasteiger partial charge in [0.2, 0.25) is 10.0 Å². The quantitative estimate of drug-likeness (QED) is 0.136. The lowest BCUT2D eigenvalue weighted by Gasteiger charge is -2.21. The Hall–Kier alpha value is -3.23. The van der Waals surface area contributed by atoms with Crippen molar-refractivity contribution in [3.63, 3.8) is 0 Å². The summed E-state index contributed by atoms with van der Waals surface area (Å²) >= 11 is 12.6. The largest absolute Gasteiger partial charge is 0.619 e. The second-order valence-corrected chi connectivity index (χ2v) is 13.0. The van der Waals surface area contributed by atoms with Gasteiger partial charge in [-0.3, -0.25) is 0 Å². The molecule has 2 aromatic carbocycles. The van der Waals surface area contributed by atoms with Crippen molar-refractivity contribution < 1.29 is 40.9 Å². The first-order chi connectivity index (χ1) is 20.8. The number of carbonyl (C=O) groups excluding carboxylic acids is 1. The van der Waals surface area contributed by atoms with Crippen molar-refractivity contribution in [1.29, 1.82) is 0 Å². The molecule has 0 bridgehead atoms. The number of pyridine rings is 1. The van der Waals surface area contributed by atoms with E-state index in [4.69, 9.17) is 32.7 Å². The molecule has 0 saturated heterocycles. The number of nitrogens with zero attached hydrogens (tertiary/aromatic N) is 2. The van der Waals surface area contributed by atoms with E-state index in [-0.39, 0.29) is 45.0 Å². The zero-order valence-electron chi connectivity index (χ0n) is 23.8. The van der Waals surface area contributed by atoms with Crippen LogP contribution in [0.1, 0.15) is 40.4 Å². The summed E-state index contributed by atoms with van der Waals surface area (Å²) in [5.74, 6) is -0.652. The van der Waals surface area contributed by atoms with E-state index in [1.165, 1.54) is 42.5 Å². The van der Waals surface area contributed by atoms with Gasteiger partial charge in [0.25, 0.3) is 0 Å². The van der Waals surface area contributed by atoms with Gasteiger partial charge < -0.3 is 24.3 Å². The van der Waals surface area contributed by atoms with Crippen LogP contribution >= 0.6 is 23.2 Å². The van der Waals surface area contributed by atoms with E-state index < -0.39 is 28.7 Å². The van der Waals surface area contributed by atoms with Crippen molar-refractivity contribution >= 4 is 39.2 Å². The van der Waals surface area contributed by atoms with E-state index in [0.29, 0.717) is 34.9 Å². The molecule has 1 N–H and O–H groups in total. The van der Waals surface area contributed by atoms with Crippen molar-refractivity contribution in [2.24, 2.45) is 5.92 Å². The Labute approximate surface area is 264 Å². The highest BCUT2D eigenvalue weighted by Gasteiger charge is 2.27. The second kappa shape index (κ2) is 14.7. The van der Waals surface area contributed by atoms with Crippen molar-refractivity contribution in [2.75, 3.05) is 33.8 Å². The fraction of sp³-hybridized carbons (Fsp3) is 0.379. The molecule has 44 heavy (non-hydrogen) atoms. The zero-order chi connectivity index (χ0) is 32.0. The molecule has 1 atom stereocenters. The molecule has 3 aromatic rings. The Morgan fingerprint density at radius 2 is 1.75 bits per heavy atom. The van der Waals surface area contributed by atoms with Crippen LogP contribution < -0.4 is 18.9 Å². The number of ether oxygens (including phenoxy) is 3. The zero-order valence-corrected chi connectivity index (χ0v) is 26.2. The van der Waals surface area contributed by atoms with Gasteiger partial charge in [-0.2, -0.15) is 13.5 Å². The molecule has 1 aliphatic carbocycles. The molecule has 10 nitrogen and oxygen atoms in total. The van der Waals surface area contributed by atoms with Crippen molar-refractivity contribution in [1.82, 2.24) is 9.62 Å². The number of benzene rings is 2. The summed E-state index contributed by atoms with van der Waals surface area (Å²) in [6.45, 7) is -2.09. The number of carbonyl (C=O) groups is 1. The highest BCUT2D eigenvalue weighted by atomic mass is 35.5. The number of rotatable bonds is 15. The maximum Gasteiger partial charge on any atom is 0.387 e. The highest BCUT2D eigenvalue weighted by molar-refractivity contribution is 7.89. The van der Waals surface area contributed by atoms with Gasteiger partial charge in [0.15, 0.2) is 23.9 Å². The van der Waals surface area contributed by atoms with E-state index in [2.05, 4.69) is 9.46 Å². The summed E-state index contributed by atoms with van der Waals surface area (Å²) in [4.78, 5) is 15.1. The van der Waals surface area contributed by atoms with E-state index in [1.54, 1.807) is 0 Å². The lowest BCUT2D eigenvalue weighted by molar-refractivity contribution is -0.605. The smallest absolute Gasteiger partial charge is 0.387 e. The molecule has 1 aliphatic rings. The van der Waals surface area contributed by atoms with Gasteiger partial charge in [0, 0.05) is 25.1 Å². The molecule has 0 spiro atoms. The minimum Gasteiger partial charge on any atom is -0.619 e.